The molecular formula is C20H26ClN3O2S. The van der Waals surface area contributed by atoms with Gasteiger partial charge in [-0.1, -0.05) is 48.0 Å². The lowest BCUT2D eigenvalue weighted by Crippen LogP contribution is -2.40. The Morgan fingerprint density at radius 1 is 1.15 bits per heavy atom. The summed E-state index contributed by atoms with van der Waals surface area (Å²) in [5.74, 6) is 2.58. The maximum atomic E-state index is 12.2. The Bertz CT molecular complexity index is 769. The molecule has 0 aliphatic heterocycles. The number of nitrogens with zero attached hydrogens (tertiary/aromatic N) is 1. The average molecular weight is 408 g/mol. The Balaban J connectivity index is 1.69. The minimum atomic E-state index is -0.906. The third-order valence-electron chi connectivity index (χ3n) is 3.96. The van der Waals surface area contributed by atoms with Crippen LogP contribution in [0, 0.1) is 0 Å². The van der Waals surface area contributed by atoms with Gasteiger partial charge >= 0.3 is 0 Å². The van der Waals surface area contributed by atoms with Crippen LogP contribution in [-0.2, 0) is 23.0 Å². The number of nitrogens with one attached hydrogen (secondary N) is 2. The third kappa shape index (κ3) is 7.61. The number of halogens is 1. The summed E-state index contributed by atoms with van der Waals surface area (Å²) in [6.07, 6.45) is 0.767. The summed E-state index contributed by atoms with van der Waals surface area (Å²) in [5, 5.41) is 7.14. The molecule has 0 aliphatic rings. The molecule has 2 N–H and O–H groups in total. The van der Waals surface area contributed by atoms with Crippen molar-refractivity contribution in [3.8, 4) is 5.75 Å². The molecule has 27 heavy (non-hydrogen) atoms. The van der Waals surface area contributed by atoms with Crippen LogP contribution >= 0.6 is 11.6 Å². The van der Waals surface area contributed by atoms with Crippen molar-refractivity contribution in [2.24, 2.45) is 4.99 Å². The largest absolute Gasteiger partial charge is 0.497 e. The molecule has 0 fully saturated rings. The number of hydrogen-bond acceptors (Lipinski definition) is 3. The van der Waals surface area contributed by atoms with E-state index in [1.165, 1.54) is 0 Å². The molecule has 0 spiro atoms. The molecule has 2 aromatic rings. The lowest BCUT2D eigenvalue weighted by Gasteiger charge is -2.12. The smallest absolute Gasteiger partial charge is 0.191 e. The van der Waals surface area contributed by atoms with Crippen LogP contribution in [-0.4, -0.2) is 43.2 Å². The molecule has 0 saturated heterocycles. The van der Waals surface area contributed by atoms with Crippen LogP contribution in [0.15, 0.2) is 53.5 Å². The van der Waals surface area contributed by atoms with E-state index in [1.807, 2.05) is 48.5 Å². The van der Waals surface area contributed by atoms with Gasteiger partial charge in [-0.2, -0.15) is 0 Å². The normalized spacial score (nSPS) is 12.5. The first-order valence-corrected chi connectivity index (χ1v) is 10.6. The molecule has 0 radical (unpaired) electrons. The lowest BCUT2D eigenvalue weighted by atomic mass is 10.1. The molecule has 2 rings (SSSR count). The van der Waals surface area contributed by atoms with Gasteiger partial charge in [-0.05, 0) is 29.7 Å². The van der Waals surface area contributed by atoms with Crippen LogP contribution in [0.5, 0.6) is 5.75 Å². The molecule has 1 atom stereocenters. The third-order valence-corrected chi connectivity index (χ3v) is 5.63. The summed E-state index contributed by atoms with van der Waals surface area (Å²) >= 11 is 6.25. The second-order valence-electron chi connectivity index (χ2n) is 5.91. The summed E-state index contributed by atoms with van der Waals surface area (Å²) in [5.41, 5.74) is 2.14. The lowest BCUT2D eigenvalue weighted by molar-refractivity contribution is 0.414. The van der Waals surface area contributed by atoms with Gasteiger partial charge in [0.1, 0.15) is 5.75 Å². The van der Waals surface area contributed by atoms with E-state index in [9.17, 15) is 4.21 Å². The quantitative estimate of drug-likeness (QED) is 0.495. The SMILES string of the molecule is CN=C(NCCc1ccc(OC)cc1Cl)NCCS(=O)Cc1ccccc1. The molecule has 1 unspecified atom stereocenters. The van der Waals surface area contributed by atoms with Crippen LogP contribution in [0.4, 0.5) is 0 Å². The topological polar surface area (TPSA) is 62.7 Å². The average Bonchev–Trinajstić information content (AvgIpc) is 2.68. The van der Waals surface area contributed by atoms with E-state index in [0.29, 0.717) is 35.6 Å². The fourth-order valence-electron chi connectivity index (χ4n) is 2.51. The van der Waals surface area contributed by atoms with E-state index in [0.717, 1.165) is 23.3 Å². The Kier molecular flexibility index (Phi) is 9.15. The molecule has 0 heterocycles. The van der Waals surface area contributed by atoms with E-state index in [1.54, 1.807) is 14.2 Å². The molecule has 0 aromatic heterocycles. The minimum absolute atomic E-state index is 0.569. The zero-order chi connectivity index (χ0) is 19.5. The summed E-state index contributed by atoms with van der Waals surface area (Å²) in [6.45, 7) is 1.29. The van der Waals surface area contributed by atoms with E-state index in [-0.39, 0.29) is 0 Å². The van der Waals surface area contributed by atoms with Crippen molar-refractivity contribution in [2.75, 3.05) is 33.0 Å². The highest BCUT2D eigenvalue weighted by Crippen LogP contribution is 2.22. The van der Waals surface area contributed by atoms with Gasteiger partial charge in [0.25, 0.3) is 0 Å². The first kappa shape index (κ1) is 21.3. The van der Waals surface area contributed by atoms with E-state index >= 15 is 0 Å². The van der Waals surface area contributed by atoms with E-state index in [2.05, 4.69) is 15.6 Å². The second kappa shape index (κ2) is 11.6. The molecular weight excluding hydrogens is 382 g/mol. The number of ether oxygens (including phenoxy) is 1. The molecule has 0 saturated carbocycles. The highest BCUT2D eigenvalue weighted by atomic mass is 35.5. The van der Waals surface area contributed by atoms with Crippen molar-refractivity contribution in [1.29, 1.82) is 0 Å². The van der Waals surface area contributed by atoms with Gasteiger partial charge in [-0.3, -0.25) is 9.20 Å². The standard InChI is InChI=1S/C20H26ClN3O2S/c1-22-20(23-11-10-17-8-9-18(26-2)14-19(17)21)24-12-13-27(25)15-16-6-4-3-5-7-16/h3-9,14H,10-13,15H2,1-2H3,(H2,22,23,24). The van der Waals surface area contributed by atoms with Gasteiger partial charge < -0.3 is 15.4 Å². The molecule has 0 amide bonds. The zero-order valence-electron chi connectivity index (χ0n) is 15.7. The van der Waals surface area contributed by atoms with Gasteiger partial charge in [-0.25, -0.2) is 0 Å². The van der Waals surface area contributed by atoms with E-state index in [4.69, 9.17) is 16.3 Å². The predicted octanol–water partition coefficient (Wildman–Crippen LogP) is 3.01. The number of hydrogen-bond donors (Lipinski definition) is 2. The van der Waals surface area contributed by atoms with Crippen molar-refractivity contribution in [3.63, 3.8) is 0 Å². The number of rotatable bonds is 9. The molecule has 0 bridgehead atoms. The fourth-order valence-corrected chi connectivity index (χ4v) is 3.81. The first-order valence-electron chi connectivity index (χ1n) is 8.78. The van der Waals surface area contributed by atoms with Crippen molar-refractivity contribution in [1.82, 2.24) is 10.6 Å². The van der Waals surface area contributed by atoms with Gasteiger partial charge in [-0.15, -0.1) is 0 Å². The Morgan fingerprint density at radius 2 is 1.89 bits per heavy atom. The molecule has 0 aliphatic carbocycles. The van der Waals surface area contributed by atoms with Crippen LogP contribution in [0.3, 0.4) is 0 Å². The second-order valence-corrected chi connectivity index (χ2v) is 7.89. The number of methoxy groups -OCH3 is 1. The van der Waals surface area contributed by atoms with Crippen LogP contribution in [0.25, 0.3) is 0 Å². The summed E-state index contributed by atoms with van der Waals surface area (Å²) in [7, 11) is 2.43. The Morgan fingerprint density at radius 3 is 2.56 bits per heavy atom. The van der Waals surface area contributed by atoms with Crippen molar-refractivity contribution >= 4 is 28.4 Å². The van der Waals surface area contributed by atoms with Crippen molar-refractivity contribution in [3.05, 3.63) is 64.7 Å². The Labute approximate surface area is 168 Å². The number of aliphatic imine (C=N–C) groups is 1. The van der Waals surface area contributed by atoms with E-state index < -0.39 is 10.8 Å². The monoisotopic (exact) mass is 407 g/mol. The molecule has 7 heteroatoms. The van der Waals surface area contributed by atoms with Crippen LogP contribution < -0.4 is 15.4 Å². The molecule has 5 nitrogen and oxygen atoms in total. The van der Waals surface area contributed by atoms with Crippen LogP contribution in [0.1, 0.15) is 11.1 Å². The zero-order valence-corrected chi connectivity index (χ0v) is 17.3. The first-order chi connectivity index (χ1) is 13.1. The predicted molar refractivity (Wildman–Crippen MR) is 114 cm³/mol. The maximum absolute atomic E-state index is 12.2. The van der Waals surface area contributed by atoms with Gasteiger partial charge in [0.05, 0.1) is 7.11 Å². The molecule has 146 valence electrons. The maximum Gasteiger partial charge on any atom is 0.191 e. The van der Waals surface area contributed by atoms with Crippen molar-refractivity contribution < 1.29 is 8.95 Å². The highest BCUT2D eigenvalue weighted by molar-refractivity contribution is 7.84. The number of guanidine groups is 1. The fraction of sp³-hybridized carbons (Fsp3) is 0.350. The Hall–Kier alpha value is -2.05. The van der Waals surface area contributed by atoms with Gasteiger partial charge in [0, 0.05) is 47.5 Å². The minimum Gasteiger partial charge on any atom is -0.497 e. The van der Waals surface area contributed by atoms with Gasteiger partial charge in [0.2, 0.25) is 0 Å². The summed E-state index contributed by atoms with van der Waals surface area (Å²) < 4.78 is 17.3. The molecule has 2 aromatic carbocycles. The van der Waals surface area contributed by atoms with Crippen molar-refractivity contribution in [2.45, 2.75) is 12.2 Å². The highest BCUT2D eigenvalue weighted by Gasteiger charge is 2.05. The van der Waals surface area contributed by atoms with Crippen LogP contribution in [0.2, 0.25) is 5.02 Å². The summed E-state index contributed by atoms with van der Waals surface area (Å²) in [4.78, 5) is 4.19. The van der Waals surface area contributed by atoms with Gasteiger partial charge in [0.15, 0.2) is 5.96 Å². The number of benzene rings is 2. The summed E-state index contributed by atoms with van der Waals surface area (Å²) in [6, 6.07) is 15.6.